The van der Waals surface area contributed by atoms with Crippen molar-refractivity contribution in [2.45, 2.75) is 32.7 Å². The lowest BCUT2D eigenvalue weighted by Gasteiger charge is -2.03. The van der Waals surface area contributed by atoms with Crippen molar-refractivity contribution in [3.63, 3.8) is 0 Å². The molecule has 1 heterocycles. The minimum atomic E-state index is -0.144. The Hall–Kier alpha value is -1.72. The van der Waals surface area contributed by atoms with Gasteiger partial charge in [0.2, 0.25) is 5.91 Å². The highest BCUT2D eigenvalue weighted by Crippen LogP contribution is 2.31. The number of thiazole rings is 1. The van der Waals surface area contributed by atoms with Crippen molar-refractivity contribution >= 4 is 22.4 Å². The molecule has 2 aromatic rings. The van der Waals surface area contributed by atoms with Gasteiger partial charge in [-0.3, -0.25) is 4.79 Å². The average molecular weight is 289 g/mol. The van der Waals surface area contributed by atoms with Crippen LogP contribution in [0.15, 0.2) is 30.3 Å². The molecule has 1 atom stereocenters. The van der Waals surface area contributed by atoms with Crippen LogP contribution in [0.25, 0.3) is 11.3 Å². The van der Waals surface area contributed by atoms with Crippen LogP contribution >= 0.6 is 11.3 Å². The second kappa shape index (κ2) is 6.63. The molecule has 0 saturated heterocycles. The third-order valence-electron chi connectivity index (χ3n) is 2.82. The molecule has 1 unspecified atom stereocenters. The standard InChI is InChI=1S/C15H19N3OS/c1-3-12-14(11-7-5-4-6-8-11)18-15(20-12)17-13(19)9-10(2)16/h4-8,10H,3,9,16H2,1-2H3,(H,17,18,19). The van der Waals surface area contributed by atoms with Crippen LogP contribution in [0.3, 0.4) is 0 Å². The Labute approximate surface area is 123 Å². The molecule has 2 rings (SSSR count). The molecule has 0 saturated carbocycles. The zero-order chi connectivity index (χ0) is 14.5. The Bertz CT molecular complexity index is 578. The first-order chi connectivity index (χ1) is 9.60. The Morgan fingerprint density at radius 1 is 1.40 bits per heavy atom. The molecule has 0 aliphatic heterocycles. The van der Waals surface area contributed by atoms with Crippen LogP contribution in [-0.4, -0.2) is 16.9 Å². The summed E-state index contributed by atoms with van der Waals surface area (Å²) >= 11 is 1.53. The van der Waals surface area contributed by atoms with E-state index in [1.807, 2.05) is 37.3 Å². The smallest absolute Gasteiger partial charge is 0.227 e. The van der Waals surface area contributed by atoms with Crippen LogP contribution in [0, 0.1) is 0 Å². The second-order valence-electron chi connectivity index (χ2n) is 4.74. The number of hydrogen-bond acceptors (Lipinski definition) is 4. The summed E-state index contributed by atoms with van der Waals surface area (Å²) in [5, 5.41) is 3.47. The van der Waals surface area contributed by atoms with Crippen LogP contribution in [-0.2, 0) is 11.2 Å². The zero-order valence-electron chi connectivity index (χ0n) is 11.7. The topological polar surface area (TPSA) is 68.0 Å². The van der Waals surface area contributed by atoms with Crippen molar-refractivity contribution in [3.05, 3.63) is 35.2 Å². The molecule has 0 bridgehead atoms. The van der Waals surface area contributed by atoms with Crippen LogP contribution in [0.4, 0.5) is 5.13 Å². The molecule has 106 valence electrons. The molecule has 0 aliphatic rings. The number of nitrogens with zero attached hydrogens (tertiary/aromatic N) is 1. The molecule has 4 nitrogen and oxygen atoms in total. The van der Waals surface area contributed by atoms with E-state index >= 15 is 0 Å². The van der Waals surface area contributed by atoms with Crippen molar-refractivity contribution in [2.24, 2.45) is 5.73 Å². The molecule has 1 aromatic heterocycles. The van der Waals surface area contributed by atoms with Gasteiger partial charge in [-0.2, -0.15) is 0 Å². The van der Waals surface area contributed by atoms with Crippen molar-refractivity contribution in [1.29, 1.82) is 0 Å². The van der Waals surface area contributed by atoms with Gasteiger partial charge in [0.25, 0.3) is 0 Å². The fourth-order valence-electron chi connectivity index (χ4n) is 1.93. The number of nitrogens with one attached hydrogen (secondary N) is 1. The summed E-state index contributed by atoms with van der Waals surface area (Å²) in [6.07, 6.45) is 1.20. The lowest BCUT2D eigenvalue weighted by Crippen LogP contribution is -2.23. The first-order valence-electron chi connectivity index (χ1n) is 6.70. The molecule has 20 heavy (non-hydrogen) atoms. The number of carbonyl (C=O) groups is 1. The van der Waals surface area contributed by atoms with Gasteiger partial charge in [0.15, 0.2) is 5.13 Å². The normalized spacial score (nSPS) is 12.2. The van der Waals surface area contributed by atoms with E-state index in [0.29, 0.717) is 11.6 Å². The van der Waals surface area contributed by atoms with Gasteiger partial charge in [0, 0.05) is 22.9 Å². The number of nitrogens with two attached hydrogens (primary N) is 1. The van der Waals surface area contributed by atoms with Gasteiger partial charge in [0.1, 0.15) is 0 Å². The average Bonchev–Trinajstić information content (AvgIpc) is 2.81. The van der Waals surface area contributed by atoms with Crippen LogP contribution in [0.2, 0.25) is 0 Å². The lowest BCUT2D eigenvalue weighted by molar-refractivity contribution is -0.116. The quantitative estimate of drug-likeness (QED) is 0.889. The Balaban J connectivity index is 2.21. The third-order valence-corrected chi connectivity index (χ3v) is 3.93. The summed E-state index contributed by atoms with van der Waals surface area (Å²) in [6, 6.07) is 9.87. The molecule has 1 amide bonds. The van der Waals surface area contributed by atoms with Gasteiger partial charge in [-0.25, -0.2) is 4.98 Å². The van der Waals surface area contributed by atoms with Gasteiger partial charge in [-0.1, -0.05) is 37.3 Å². The van der Waals surface area contributed by atoms with Crippen LogP contribution < -0.4 is 11.1 Å². The summed E-state index contributed by atoms with van der Waals surface area (Å²) in [7, 11) is 0. The summed E-state index contributed by atoms with van der Waals surface area (Å²) in [4.78, 5) is 17.5. The van der Waals surface area contributed by atoms with Gasteiger partial charge >= 0.3 is 0 Å². The fourth-order valence-corrected chi connectivity index (χ4v) is 2.87. The summed E-state index contributed by atoms with van der Waals surface area (Å²) in [5.41, 5.74) is 7.65. The van der Waals surface area contributed by atoms with Crippen molar-refractivity contribution in [2.75, 3.05) is 5.32 Å². The number of hydrogen-bond donors (Lipinski definition) is 2. The Morgan fingerprint density at radius 3 is 2.70 bits per heavy atom. The molecular weight excluding hydrogens is 270 g/mol. The molecular formula is C15H19N3OS. The SMILES string of the molecule is CCc1sc(NC(=O)CC(C)N)nc1-c1ccccc1. The van der Waals surface area contributed by atoms with E-state index in [9.17, 15) is 4.79 Å². The first-order valence-corrected chi connectivity index (χ1v) is 7.52. The maximum Gasteiger partial charge on any atom is 0.227 e. The molecule has 3 N–H and O–H groups in total. The second-order valence-corrected chi connectivity index (χ2v) is 5.82. The molecule has 0 fully saturated rings. The summed E-state index contributed by atoms with van der Waals surface area (Å²) in [5.74, 6) is -0.0870. The van der Waals surface area contributed by atoms with Crippen molar-refractivity contribution in [1.82, 2.24) is 4.98 Å². The van der Waals surface area contributed by atoms with Gasteiger partial charge in [-0.15, -0.1) is 11.3 Å². The van der Waals surface area contributed by atoms with Gasteiger partial charge in [-0.05, 0) is 13.3 Å². The molecule has 0 aliphatic carbocycles. The van der Waals surface area contributed by atoms with Crippen molar-refractivity contribution in [3.8, 4) is 11.3 Å². The molecule has 1 aromatic carbocycles. The fraction of sp³-hybridized carbons (Fsp3) is 0.333. The molecule has 0 radical (unpaired) electrons. The molecule has 0 spiro atoms. The van der Waals surface area contributed by atoms with Gasteiger partial charge in [0.05, 0.1) is 5.69 Å². The highest BCUT2D eigenvalue weighted by atomic mass is 32.1. The number of amides is 1. The maximum absolute atomic E-state index is 11.7. The predicted molar refractivity (Wildman–Crippen MR) is 83.8 cm³/mol. The number of anilines is 1. The summed E-state index contributed by atoms with van der Waals surface area (Å²) < 4.78 is 0. The number of aryl methyl sites for hydroxylation is 1. The number of aromatic nitrogens is 1. The van der Waals surface area contributed by atoms with E-state index in [2.05, 4.69) is 17.2 Å². The lowest BCUT2D eigenvalue weighted by atomic mass is 10.1. The Kier molecular flexibility index (Phi) is 4.87. The summed E-state index contributed by atoms with van der Waals surface area (Å²) in [6.45, 7) is 3.90. The predicted octanol–water partition coefficient (Wildman–Crippen LogP) is 3.05. The maximum atomic E-state index is 11.7. The van der Waals surface area contributed by atoms with E-state index in [4.69, 9.17) is 5.73 Å². The number of rotatable bonds is 5. The highest BCUT2D eigenvalue weighted by molar-refractivity contribution is 7.16. The number of benzene rings is 1. The third kappa shape index (κ3) is 3.65. The minimum Gasteiger partial charge on any atom is -0.327 e. The minimum absolute atomic E-state index is 0.0870. The van der Waals surface area contributed by atoms with Gasteiger partial charge < -0.3 is 11.1 Å². The van der Waals surface area contributed by atoms with Crippen LogP contribution in [0.1, 0.15) is 25.1 Å². The van der Waals surface area contributed by atoms with Crippen LogP contribution in [0.5, 0.6) is 0 Å². The zero-order valence-corrected chi connectivity index (χ0v) is 12.5. The first kappa shape index (κ1) is 14.7. The monoisotopic (exact) mass is 289 g/mol. The largest absolute Gasteiger partial charge is 0.327 e. The van der Waals surface area contributed by atoms with E-state index in [1.54, 1.807) is 0 Å². The van der Waals surface area contributed by atoms with Crippen molar-refractivity contribution < 1.29 is 4.79 Å². The van der Waals surface area contributed by atoms with E-state index < -0.39 is 0 Å². The Morgan fingerprint density at radius 2 is 2.10 bits per heavy atom. The van der Waals surface area contributed by atoms with E-state index in [-0.39, 0.29) is 11.9 Å². The molecule has 5 heteroatoms. The van der Waals surface area contributed by atoms with E-state index in [0.717, 1.165) is 17.7 Å². The number of carbonyl (C=O) groups excluding carboxylic acids is 1. The van der Waals surface area contributed by atoms with E-state index in [1.165, 1.54) is 16.2 Å². The highest BCUT2D eigenvalue weighted by Gasteiger charge is 2.14.